The number of carbonyl (C=O) groups is 3. The number of carboxylic acid groups (broad SMARTS) is 1. The number of aliphatic carboxylic acids is 1. The quantitative estimate of drug-likeness (QED) is 0.337. The molecule has 9 nitrogen and oxygen atoms in total. The number of carboxylic acids is 1. The lowest BCUT2D eigenvalue weighted by atomic mass is 9.95. The third-order valence-corrected chi connectivity index (χ3v) is 8.80. The van der Waals surface area contributed by atoms with Crippen LogP contribution in [0.2, 0.25) is 10.0 Å². The minimum atomic E-state index is -3.51. The zero-order valence-electron chi connectivity index (χ0n) is 21.6. The molecule has 12 heteroatoms. The van der Waals surface area contributed by atoms with E-state index in [-0.39, 0.29) is 39.4 Å². The van der Waals surface area contributed by atoms with Crippen LogP contribution in [0.15, 0.2) is 70.2 Å². The molecule has 1 aromatic heterocycles. The Bertz CT molecular complexity index is 1820. The van der Waals surface area contributed by atoms with Crippen molar-refractivity contribution in [2.75, 3.05) is 12.8 Å². The van der Waals surface area contributed by atoms with Crippen molar-refractivity contribution in [2.45, 2.75) is 30.3 Å². The number of hydrogen-bond acceptors (Lipinski definition) is 7. The molecule has 1 aliphatic heterocycles. The minimum absolute atomic E-state index is 0.00581. The molecule has 1 atom stereocenters. The highest BCUT2D eigenvalue weighted by Crippen LogP contribution is 2.35. The highest BCUT2D eigenvalue weighted by atomic mass is 35.5. The summed E-state index contributed by atoms with van der Waals surface area (Å²) < 4.78 is 29.2. The molecule has 4 aromatic rings. The average molecular weight is 614 g/mol. The van der Waals surface area contributed by atoms with Crippen LogP contribution in [0, 0.1) is 0 Å². The summed E-state index contributed by atoms with van der Waals surface area (Å²) in [4.78, 5) is 39.9. The van der Waals surface area contributed by atoms with Gasteiger partial charge in [-0.05, 0) is 65.9 Å². The lowest BCUT2D eigenvalue weighted by molar-refractivity contribution is -0.308. The van der Waals surface area contributed by atoms with Gasteiger partial charge < -0.3 is 24.5 Å². The number of carbonyl (C=O) groups excluding carboxylic acids is 3. The molecular formula is C29H23Cl2N2O7S-. The Morgan fingerprint density at radius 3 is 2.61 bits per heavy atom. The van der Waals surface area contributed by atoms with Crippen LogP contribution in [0.5, 0.6) is 0 Å². The molecule has 1 aliphatic rings. The molecule has 0 radical (unpaired) electrons. The molecular weight excluding hydrogens is 591 g/mol. The molecule has 0 aliphatic carbocycles. The fourth-order valence-electron chi connectivity index (χ4n) is 4.87. The van der Waals surface area contributed by atoms with Gasteiger partial charge in [-0.3, -0.25) is 9.59 Å². The van der Waals surface area contributed by atoms with E-state index in [1.807, 2.05) is 12.1 Å². The normalized spacial score (nSPS) is 14.0. The van der Waals surface area contributed by atoms with Crippen molar-refractivity contribution in [3.05, 3.63) is 98.7 Å². The van der Waals surface area contributed by atoms with Crippen LogP contribution in [0.3, 0.4) is 0 Å². The Kier molecular flexibility index (Phi) is 7.83. The second kappa shape index (κ2) is 11.2. The van der Waals surface area contributed by atoms with Crippen molar-refractivity contribution in [1.82, 2.24) is 10.2 Å². The second-order valence-electron chi connectivity index (χ2n) is 9.80. The summed E-state index contributed by atoms with van der Waals surface area (Å²) >= 11 is 13.1. The van der Waals surface area contributed by atoms with Crippen LogP contribution in [0.1, 0.15) is 37.4 Å². The predicted molar refractivity (Wildman–Crippen MR) is 151 cm³/mol. The monoisotopic (exact) mass is 613 g/mol. The van der Waals surface area contributed by atoms with Crippen molar-refractivity contribution in [2.24, 2.45) is 0 Å². The van der Waals surface area contributed by atoms with Crippen LogP contribution in [0.25, 0.3) is 11.0 Å². The highest BCUT2D eigenvalue weighted by Gasteiger charge is 2.29. The summed E-state index contributed by atoms with van der Waals surface area (Å²) in [5.41, 5.74) is 2.67. The molecule has 212 valence electrons. The molecule has 3 aromatic carbocycles. The van der Waals surface area contributed by atoms with Gasteiger partial charge in [0.15, 0.2) is 9.84 Å². The van der Waals surface area contributed by atoms with Gasteiger partial charge in [-0.2, -0.15) is 0 Å². The number of rotatable bonds is 7. The number of hydrogen-bond donors (Lipinski definition) is 1. The molecule has 0 saturated carbocycles. The van der Waals surface area contributed by atoms with Crippen LogP contribution in [-0.2, 0) is 34.0 Å². The van der Waals surface area contributed by atoms with Gasteiger partial charge >= 0.3 is 0 Å². The standard InChI is InChI=1S/C29H24Cl2N2O7S/c1-41(38,39)20-4-2-3-16(11-20)12-23(29(36)37)32-27(34)25-22(30)13-19-15-33(9-7-21(19)26(25)31)28(35)18-6-5-17-8-10-40-24(17)14-18/h2-6,8,10-11,13-14,23H,7,9,12,15H2,1H3,(H,32,34)(H,36,37)/p-1/t23-/m0/s1. The summed E-state index contributed by atoms with van der Waals surface area (Å²) in [7, 11) is -3.51. The SMILES string of the molecule is CS(=O)(=O)c1cccc(C[C@H](NC(=O)c2c(Cl)cc3c(c2Cl)CCN(C(=O)c2ccc4ccoc4c2)C3)C(=O)[O-])c1. The van der Waals surface area contributed by atoms with Crippen molar-refractivity contribution in [3.63, 3.8) is 0 Å². The van der Waals surface area contributed by atoms with Gasteiger partial charge in [0, 0.05) is 30.3 Å². The molecule has 2 amide bonds. The summed E-state index contributed by atoms with van der Waals surface area (Å²) in [6.45, 7) is 0.548. The first kappa shape index (κ1) is 28.7. The van der Waals surface area contributed by atoms with Crippen molar-refractivity contribution < 1.29 is 32.3 Å². The average Bonchev–Trinajstić information content (AvgIpc) is 3.39. The lowest BCUT2D eigenvalue weighted by Gasteiger charge is -2.30. The maximum atomic E-state index is 13.2. The maximum absolute atomic E-state index is 13.2. The maximum Gasteiger partial charge on any atom is 0.254 e. The highest BCUT2D eigenvalue weighted by molar-refractivity contribution is 7.90. The van der Waals surface area contributed by atoms with Crippen LogP contribution in [0.4, 0.5) is 0 Å². The van der Waals surface area contributed by atoms with E-state index in [1.165, 1.54) is 18.2 Å². The van der Waals surface area contributed by atoms with Gasteiger partial charge in [0.1, 0.15) is 5.58 Å². The zero-order valence-corrected chi connectivity index (χ0v) is 24.0. The number of sulfone groups is 1. The smallest absolute Gasteiger partial charge is 0.254 e. The van der Waals surface area contributed by atoms with E-state index >= 15 is 0 Å². The number of halogens is 2. The molecule has 0 bridgehead atoms. The Labute approximate surface area is 245 Å². The number of furan rings is 1. The summed E-state index contributed by atoms with van der Waals surface area (Å²) in [6, 6.07) is 12.9. The summed E-state index contributed by atoms with van der Waals surface area (Å²) in [6.07, 6.45) is 2.72. The van der Waals surface area contributed by atoms with E-state index in [0.717, 1.165) is 11.6 Å². The first-order valence-electron chi connectivity index (χ1n) is 12.5. The lowest BCUT2D eigenvalue weighted by Crippen LogP contribution is -2.49. The third-order valence-electron chi connectivity index (χ3n) is 6.98. The van der Waals surface area contributed by atoms with Crippen molar-refractivity contribution in [1.29, 1.82) is 0 Å². The Balaban J connectivity index is 1.35. The number of nitrogens with zero attached hydrogens (tertiary/aromatic N) is 1. The predicted octanol–water partition coefficient (Wildman–Crippen LogP) is 3.43. The topological polar surface area (TPSA) is 137 Å². The van der Waals surface area contributed by atoms with E-state index in [1.54, 1.807) is 35.4 Å². The first-order chi connectivity index (χ1) is 19.4. The van der Waals surface area contributed by atoms with E-state index in [4.69, 9.17) is 27.6 Å². The third kappa shape index (κ3) is 5.95. The molecule has 5 rings (SSSR count). The van der Waals surface area contributed by atoms with Gasteiger partial charge in [-0.25, -0.2) is 8.42 Å². The van der Waals surface area contributed by atoms with Crippen LogP contribution < -0.4 is 10.4 Å². The molecule has 2 heterocycles. The largest absolute Gasteiger partial charge is 0.548 e. The fraction of sp³-hybridized carbons (Fsp3) is 0.207. The van der Waals surface area contributed by atoms with E-state index in [0.29, 0.717) is 40.8 Å². The summed E-state index contributed by atoms with van der Waals surface area (Å²) in [5, 5.41) is 15.2. The van der Waals surface area contributed by atoms with Gasteiger partial charge in [0.25, 0.3) is 11.8 Å². The Morgan fingerprint density at radius 2 is 1.88 bits per heavy atom. The first-order valence-corrected chi connectivity index (χ1v) is 15.1. The molecule has 0 saturated heterocycles. The Morgan fingerprint density at radius 1 is 1.10 bits per heavy atom. The Hall–Kier alpha value is -3.86. The fourth-order valence-corrected chi connectivity index (χ4v) is 6.32. The minimum Gasteiger partial charge on any atom is -0.548 e. The molecule has 41 heavy (non-hydrogen) atoms. The van der Waals surface area contributed by atoms with Gasteiger partial charge in [-0.1, -0.05) is 41.4 Å². The van der Waals surface area contributed by atoms with Crippen molar-refractivity contribution in [3.8, 4) is 0 Å². The zero-order chi connectivity index (χ0) is 29.5. The molecule has 0 spiro atoms. The van der Waals surface area contributed by atoms with Crippen molar-refractivity contribution >= 4 is 61.8 Å². The number of fused-ring (bicyclic) bond motifs is 2. The summed E-state index contributed by atoms with van der Waals surface area (Å²) in [5.74, 6) is -2.57. The van der Waals surface area contributed by atoms with Gasteiger partial charge in [0.2, 0.25) is 0 Å². The van der Waals surface area contributed by atoms with Gasteiger partial charge in [-0.15, -0.1) is 0 Å². The van der Waals surface area contributed by atoms with E-state index in [2.05, 4.69) is 5.32 Å². The van der Waals surface area contributed by atoms with Crippen LogP contribution in [-0.4, -0.2) is 49.9 Å². The molecule has 1 N–H and O–H groups in total. The van der Waals surface area contributed by atoms with E-state index in [9.17, 15) is 27.9 Å². The number of amides is 2. The van der Waals surface area contributed by atoms with Crippen LogP contribution >= 0.6 is 23.2 Å². The second-order valence-corrected chi connectivity index (χ2v) is 12.6. The van der Waals surface area contributed by atoms with Gasteiger partial charge in [0.05, 0.1) is 38.8 Å². The molecule has 0 unspecified atom stereocenters. The number of benzene rings is 3. The molecule has 0 fully saturated rings. The van der Waals surface area contributed by atoms with E-state index < -0.39 is 27.8 Å². The number of nitrogens with one attached hydrogen (secondary N) is 1.